The molecule has 38 heavy (non-hydrogen) atoms. The van der Waals surface area contributed by atoms with E-state index in [1.807, 2.05) is 24.3 Å². The topological polar surface area (TPSA) is 151 Å². The van der Waals surface area contributed by atoms with Crippen LogP contribution in [-0.4, -0.2) is 51.8 Å². The number of nitrogens with one attached hydrogen (secondary N) is 2. The number of amides is 4. The van der Waals surface area contributed by atoms with Crippen LogP contribution in [0, 0.1) is 15.9 Å². The van der Waals surface area contributed by atoms with Gasteiger partial charge in [0.05, 0.1) is 4.92 Å². The fourth-order valence-corrected chi connectivity index (χ4v) is 4.14. The zero-order valence-electron chi connectivity index (χ0n) is 20.2. The molecule has 1 fully saturated rings. The number of non-ortho nitro benzene ring substituents is 1. The van der Waals surface area contributed by atoms with E-state index < -0.39 is 34.8 Å². The van der Waals surface area contributed by atoms with Gasteiger partial charge in [-0.05, 0) is 41.5 Å². The number of anilines is 1. The third-order valence-corrected chi connectivity index (χ3v) is 6.02. The predicted octanol–water partition coefficient (Wildman–Crippen LogP) is 2.83. The maximum atomic E-state index is 13.6. The molecule has 196 valence electrons. The molecule has 3 aromatic rings. The monoisotopic (exact) mass is 520 g/mol. The molecule has 1 unspecified atom stereocenters. The first-order valence-electron chi connectivity index (χ1n) is 11.7. The molecule has 1 atom stereocenters. The zero-order valence-corrected chi connectivity index (χ0v) is 20.2. The van der Waals surface area contributed by atoms with Crippen LogP contribution in [0.4, 0.5) is 20.6 Å². The van der Waals surface area contributed by atoms with Crippen LogP contribution in [0.2, 0.25) is 0 Å². The summed E-state index contributed by atoms with van der Waals surface area (Å²) in [4.78, 5) is 52.6. The van der Waals surface area contributed by atoms with E-state index in [4.69, 9.17) is 5.73 Å². The number of carbonyl (C=O) groups excluding carboxylic acids is 3. The van der Waals surface area contributed by atoms with E-state index in [1.54, 1.807) is 0 Å². The molecular formula is C26H25FN6O5. The number of nitrogens with zero attached hydrogens (tertiary/aromatic N) is 3. The minimum absolute atomic E-state index is 0.0284. The average molecular weight is 521 g/mol. The predicted molar refractivity (Wildman–Crippen MR) is 136 cm³/mol. The Hall–Kier alpha value is -4.84. The highest BCUT2D eigenvalue weighted by molar-refractivity contribution is 6.00. The fraction of sp³-hybridized carbons (Fsp3) is 0.192. The number of nitrogens with two attached hydrogens (primary N) is 1. The van der Waals surface area contributed by atoms with Gasteiger partial charge in [-0.3, -0.25) is 24.6 Å². The summed E-state index contributed by atoms with van der Waals surface area (Å²) in [5.41, 5.74) is 7.47. The molecule has 1 saturated heterocycles. The lowest BCUT2D eigenvalue weighted by Crippen LogP contribution is -2.54. The number of urea groups is 1. The van der Waals surface area contributed by atoms with Crippen LogP contribution >= 0.6 is 0 Å². The van der Waals surface area contributed by atoms with Crippen LogP contribution < -0.4 is 16.4 Å². The van der Waals surface area contributed by atoms with Gasteiger partial charge in [-0.15, -0.1) is 0 Å². The van der Waals surface area contributed by atoms with E-state index in [1.165, 1.54) is 52.3 Å². The first-order valence-corrected chi connectivity index (χ1v) is 11.7. The largest absolute Gasteiger partial charge is 0.349 e. The van der Waals surface area contributed by atoms with Crippen molar-refractivity contribution in [2.45, 2.75) is 19.3 Å². The van der Waals surface area contributed by atoms with Crippen molar-refractivity contribution < 1.29 is 23.7 Å². The van der Waals surface area contributed by atoms with Crippen molar-refractivity contribution in [2.75, 3.05) is 18.4 Å². The van der Waals surface area contributed by atoms with Gasteiger partial charge < -0.3 is 21.3 Å². The van der Waals surface area contributed by atoms with Gasteiger partial charge >= 0.3 is 6.03 Å². The summed E-state index contributed by atoms with van der Waals surface area (Å²) in [6.07, 6.45) is -1.32. The summed E-state index contributed by atoms with van der Waals surface area (Å²) in [5.74, 6) is -1.73. The van der Waals surface area contributed by atoms with E-state index in [9.17, 15) is 28.9 Å². The standard InChI is InChI=1S/C26H25FN6O5/c27-20-5-2-6-21(14-20)30-26(36)32-12-11-31(25(35)19-7-9-22(10-8-19)33(37)38)24(32)23(34)29-16-18-4-1-3-17(13-18)15-28/h1-10,13-14,24H,11-12,15-16,28H2,(H,29,34)(H,30,36). The summed E-state index contributed by atoms with van der Waals surface area (Å²) < 4.78 is 13.6. The van der Waals surface area contributed by atoms with E-state index >= 15 is 0 Å². The Labute approximate surface area is 217 Å². The lowest BCUT2D eigenvalue weighted by Gasteiger charge is -2.29. The smallest absolute Gasteiger partial charge is 0.323 e. The number of benzene rings is 3. The first kappa shape index (κ1) is 26.2. The number of nitro benzene ring substituents is 1. The van der Waals surface area contributed by atoms with Gasteiger partial charge in [0, 0.05) is 49.6 Å². The van der Waals surface area contributed by atoms with Gasteiger partial charge in [-0.1, -0.05) is 30.3 Å². The molecule has 3 aromatic carbocycles. The summed E-state index contributed by atoms with van der Waals surface area (Å²) in [6.45, 7) is 0.520. The SMILES string of the molecule is NCc1cccc(CNC(=O)C2N(C(=O)Nc3cccc(F)c3)CCN2C(=O)c2ccc([N+](=O)[O-])cc2)c1. The van der Waals surface area contributed by atoms with E-state index in [2.05, 4.69) is 10.6 Å². The molecule has 11 nitrogen and oxygen atoms in total. The molecule has 0 aliphatic carbocycles. The van der Waals surface area contributed by atoms with Crippen LogP contribution in [0.3, 0.4) is 0 Å². The van der Waals surface area contributed by atoms with Crippen molar-refractivity contribution in [2.24, 2.45) is 5.73 Å². The minimum Gasteiger partial charge on any atom is -0.349 e. The molecule has 1 aliphatic rings. The van der Waals surface area contributed by atoms with Crippen LogP contribution in [0.25, 0.3) is 0 Å². The lowest BCUT2D eigenvalue weighted by molar-refractivity contribution is -0.384. The van der Waals surface area contributed by atoms with Crippen molar-refractivity contribution in [3.8, 4) is 0 Å². The van der Waals surface area contributed by atoms with Gasteiger partial charge in [0.15, 0.2) is 6.17 Å². The van der Waals surface area contributed by atoms with E-state index in [-0.39, 0.29) is 36.6 Å². The molecule has 1 heterocycles. The molecule has 1 aliphatic heterocycles. The summed E-state index contributed by atoms with van der Waals surface area (Å²) >= 11 is 0. The van der Waals surface area contributed by atoms with Crippen LogP contribution in [0.15, 0.2) is 72.8 Å². The number of rotatable bonds is 7. The van der Waals surface area contributed by atoms with E-state index in [0.717, 1.165) is 17.2 Å². The molecule has 0 bridgehead atoms. The molecule has 4 rings (SSSR count). The summed E-state index contributed by atoms with van der Waals surface area (Å²) in [7, 11) is 0. The Morgan fingerprint density at radius 1 is 0.974 bits per heavy atom. The number of nitro groups is 1. The molecule has 0 saturated carbocycles. The number of halogens is 1. The van der Waals surface area contributed by atoms with Gasteiger partial charge in [-0.2, -0.15) is 0 Å². The highest BCUT2D eigenvalue weighted by Crippen LogP contribution is 2.22. The maximum absolute atomic E-state index is 13.6. The fourth-order valence-electron chi connectivity index (χ4n) is 4.14. The van der Waals surface area contributed by atoms with Gasteiger partial charge in [0.2, 0.25) is 0 Å². The second kappa shape index (κ2) is 11.5. The van der Waals surface area contributed by atoms with Crippen LogP contribution in [-0.2, 0) is 17.9 Å². The van der Waals surface area contributed by atoms with Gasteiger partial charge in [0.1, 0.15) is 5.82 Å². The Balaban J connectivity index is 1.57. The van der Waals surface area contributed by atoms with Crippen molar-refractivity contribution in [3.63, 3.8) is 0 Å². The summed E-state index contributed by atoms with van der Waals surface area (Å²) in [5, 5.41) is 16.3. The second-order valence-corrected chi connectivity index (χ2v) is 8.55. The molecular weight excluding hydrogens is 495 g/mol. The molecule has 12 heteroatoms. The lowest BCUT2D eigenvalue weighted by atomic mass is 10.1. The van der Waals surface area contributed by atoms with E-state index in [0.29, 0.717) is 6.54 Å². The molecule has 0 aromatic heterocycles. The maximum Gasteiger partial charge on any atom is 0.323 e. The molecule has 0 radical (unpaired) electrons. The molecule has 4 amide bonds. The number of carbonyl (C=O) groups is 3. The normalized spacial score (nSPS) is 14.7. The summed E-state index contributed by atoms with van der Waals surface area (Å²) in [6, 6.07) is 16.9. The van der Waals surface area contributed by atoms with Crippen molar-refractivity contribution in [3.05, 3.63) is 105 Å². The second-order valence-electron chi connectivity index (χ2n) is 8.55. The quantitative estimate of drug-likeness (QED) is 0.322. The third kappa shape index (κ3) is 5.93. The minimum atomic E-state index is -1.32. The Morgan fingerprint density at radius 3 is 2.34 bits per heavy atom. The van der Waals surface area contributed by atoms with Crippen LogP contribution in [0.1, 0.15) is 21.5 Å². The molecule has 4 N–H and O–H groups in total. The highest BCUT2D eigenvalue weighted by atomic mass is 19.1. The average Bonchev–Trinajstić information content (AvgIpc) is 3.37. The number of hydrogen-bond donors (Lipinski definition) is 3. The van der Waals surface area contributed by atoms with Gasteiger partial charge in [0.25, 0.3) is 17.5 Å². The molecule has 0 spiro atoms. The Bertz CT molecular complexity index is 1370. The third-order valence-electron chi connectivity index (χ3n) is 6.02. The zero-order chi connectivity index (χ0) is 27.2. The van der Waals surface area contributed by atoms with Crippen molar-refractivity contribution in [1.29, 1.82) is 0 Å². The van der Waals surface area contributed by atoms with Crippen LogP contribution in [0.5, 0.6) is 0 Å². The highest BCUT2D eigenvalue weighted by Gasteiger charge is 2.43. The Morgan fingerprint density at radius 2 is 1.66 bits per heavy atom. The Kier molecular flexibility index (Phi) is 7.92. The van der Waals surface area contributed by atoms with Gasteiger partial charge in [-0.25, -0.2) is 9.18 Å². The first-order chi connectivity index (χ1) is 18.3. The van der Waals surface area contributed by atoms with Crippen molar-refractivity contribution in [1.82, 2.24) is 15.1 Å². The van der Waals surface area contributed by atoms with Crippen molar-refractivity contribution >= 4 is 29.2 Å². The number of hydrogen-bond acceptors (Lipinski definition) is 6.